The zero-order chi connectivity index (χ0) is 17.5. The van der Waals surface area contributed by atoms with Crippen molar-refractivity contribution in [1.82, 2.24) is 9.97 Å². The Morgan fingerprint density at radius 1 is 1.28 bits per heavy atom. The van der Waals surface area contributed by atoms with Gasteiger partial charge >= 0.3 is 5.97 Å². The molecule has 0 spiro atoms. The topological polar surface area (TPSA) is 64.1 Å². The number of nitrogens with zero attached hydrogens (tertiary/aromatic N) is 2. The zero-order valence-electron chi connectivity index (χ0n) is 13.7. The summed E-state index contributed by atoms with van der Waals surface area (Å²) in [5, 5.41) is 6.09. The van der Waals surface area contributed by atoms with Crippen LogP contribution in [0.2, 0.25) is 0 Å². The number of anilines is 2. The first-order valence-electron chi connectivity index (χ1n) is 7.82. The van der Waals surface area contributed by atoms with Gasteiger partial charge in [0.2, 0.25) is 0 Å². The van der Waals surface area contributed by atoms with Crippen molar-refractivity contribution >= 4 is 34.2 Å². The van der Waals surface area contributed by atoms with Crippen LogP contribution in [0.15, 0.2) is 60.2 Å². The van der Waals surface area contributed by atoms with E-state index in [9.17, 15) is 4.79 Å². The molecule has 5 nitrogen and oxygen atoms in total. The molecule has 0 saturated carbocycles. The average Bonchev–Trinajstić information content (AvgIpc) is 3.11. The van der Waals surface area contributed by atoms with Gasteiger partial charge in [0, 0.05) is 35.1 Å². The Bertz CT molecular complexity index is 858. The van der Waals surface area contributed by atoms with Gasteiger partial charge in [0.1, 0.15) is 0 Å². The van der Waals surface area contributed by atoms with Gasteiger partial charge in [0.25, 0.3) is 0 Å². The van der Waals surface area contributed by atoms with E-state index in [1.165, 1.54) is 17.4 Å². The minimum atomic E-state index is -0.338. The minimum Gasteiger partial charge on any atom is -0.463 e. The largest absolute Gasteiger partial charge is 0.463 e. The van der Waals surface area contributed by atoms with Crippen molar-refractivity contribution in [3.8, 4) is 11.3 Å². The van der Waals surface area contributed by atoms with Crippen LogP contribution < -0.4 is 5.32 Å². The van der Waals surface area contributed by atoms with Crippen LogP contribution in [0.25, 0.3) is 17.3 Å². The third-order valence-electron chi connectivity index (χ3n) is 3.32. The smallest absolute Gasteiger partial charge is 0.330 e. The van der Waals surface area contributed by atoms with Crippen molar-refractivity contribution in [1.29, 1.82) is 0 Å². The second kappa shape index (κ2) is 8.21. The number of esters is 1. The van der Waals surface area contributed by atoms with Crippen LogP contribution in [-0.4, -0.2) is 22.5 Å². The molecule has 0 bridgehead atoms. The maximum Gasteiger partial charge on any atom is 0.330 e. The molecule has 2 heterocycles. The molecule has 126 valence electrons. The molecule has 0 amide bonds. The van der Waals surface area contributed by atoms with Gasteiger partial charge in [-0.1, -0.05) is 12.1 Å². The number of carbonyl (C=O) groups is 1. The molecular formula is C19H17N3O2S. The number of hydrogen-bond donors (Lipinski definition) is 1. The molecule has 0 aliphatic rings. The summed E-state index contributed by atoms with van der Waals surface area (Å²) in [7, 11) is 0. The van der Waals surface area contributed by atoms with Gasteiger partial charge in [-0.3, -0.25) is 4.98 Å². The summed E-state index contributed by atoms with van der Waals surface area (Å²) < 4.78 is 4.86. The number of ether oxygens (including phenoxy) is 1. The van der Waals surface area contributed by atoms with Gasteiger partial charge in [-0.05, 0) is 42.8 Å². The average molecular weight is 351 g/mol. The van der Waals surface area contributed by atoms with E-state index in [4.69, 9.17) is 4.74 Å². The number of carbonyl (C=O) groups excluding carboxylic acids is 1. The fourth-order valence-corrected chi connectivity index (χ4v) is 2.87. The Kier molecular flexibility index (Phi) is 5.53. The van der Waals surface area contributed by atoms with E-state index < -0.39 is 0 Å². The highest BCUT2D eigenvalue weighted by atomic mass is 32.1. The van der Waals surface area contributed by atoms with Crippen LogP contribution in [-0.2, 0) is 9.53 Å². The summed E-state index contributed by atoms with van der Waals surface area (Å²) in [5.41, 5.74) is 3.75. The van der Waals surface area contributed by atoms with Crippen LogP contribution in [0.3, 0.4) is 0 Å². The molecule has 0 fully saturated rings. The number of rotatable bonds is 6. The summed E-state index contributed by atoms with van der Waals surface area (Å²) in [4.78, 5) is 20.0. The van der Waals surface area contributed by atoms with Crippen molar-refractivity contribution in [2.24, 2.45) is 0 Å². The number of hydrogen-bond acceptors (Lipinski definition) is 6. The third kappa shape index (κ3) is 4.74. The molecule has 0 radical (unpaired) electrons. The highest BCUT2D eigenvalue weighted by Gasteiger charge is 2.04. The molecular weight excluding hydrogens is 334 g/mol. The van der Waals surface area contributed by atoms with Crippen molar-refractivity contribution in [3.05, 3.63) is 65.8 Å². The molecule has 2 aromatic heterocycles. The monoisotopic (exact) mass is 351 g/mol. The molecule has 1 N–H and O–H groups in total. The second-order valence-electron chi connectivity index (χ2n) is 5.11. The van der Waals surface area contributed by atoms with Gasteiger partial charge in [0.05, 0.1) is 12.3 Å². The Balaban J connectivity index is 1.64. The molecule has 6 heteroatoms. The first kappa shape index (κ1) is 16.9. The quantitative estimate of drug-likeness (QED) is 0.522. The lowest BCUT2D eigenvalue weighted by Crippen LogP contribution is -1.98. The predicted molar refractivity (Wildman–Crippen MR) is 101 cm³/mol. The molecule has 0 aliphatic heterocycles. The maximum absolute atomic E-state index is 11.3. The van der Waals surface area contributed by atoms with E-state index in [0.29, 0.717) is 6.61 Å². The van der Waals surface area contributed by atoms with Gasteiger partial charge in [-0.2, -0.15) is 0 Å². The summed E-state index contributed by atoms with van der Waals surface area (Å²) in [6.07, 6.45) is 6.69. The van der Waals surface area contributed by atoms with E-state index in [1.54, 1.807) is 25.4 Å². The van der Waals surface area contributed by atoms with Crippen molar-refractivity contribution in [2.45, 2.75) is 6.92 Å². The summed E-state index contributed by atoms with van der Waals surface area (Å²) in [6.45, 7) is 2.16. The van der Waals surface area contributed by atoms with Crippen molar-refractivity contribution in [2.75, 3.05) is 11.9 Å². The molecule has 1 aromatic carbocycles. The van der Waals surface area contributed by atoms with Crippen LogP contribution in [0.1, 0.15) is 12.5 Å². The summed E-state index contributed by atoms with van der Waals surface area (Å²) in [5.74, 6) is -0.338. The van der Waals surface area contributed by atoms with Crippen LogP contribution in [0.5, 0.6) is 0 Å². The van der Waals surface area contributed by atoms with Crippen molar-refractivity contribution in [3.63, 3.8) is 0 Å². The fourth-order valence-electron chi connectivity index (χ4n) is 2.13. The molecule has 0 aliphatic carbocycles. The number of aromatic nitrogens is 2. The third-order valence-corrected chi connectivity index (χ3v) is 4.08. The normalized spacial score (nSPS) is 10.8. The first-order chi connectivity index (χ1) is 12.2. The highest BCUT2D eigenvalue weighted by Crippen LogP contribution is 2.26. The van der Waals surface area contributed by atoms with Crippen LogP contribution in [0, 0.1) is 0 Å². The Labute approximate surface area is 150 Å². The highest BCUT2D eigenvalue weighted by molar-refractivity contribution is 7.14. The van der Waals surface area contributed by atoms with Gasteiger partial charge in [0.15, 0.2) is 5.13 Å². The lowest BCUT2D eigenvalue weighted by molar-refractivity contribution is -0.137. The van der Waals surface area contributed by atoms with E-state index in [-0.39, 0.29) is 5.97 Å². The van der Waals surface area contributed by atoms with E-state index in [2.05, 4.69) is 15.3 Å². The Hall–Kier alpha value is -2.99. The number of nitrogens with one attached hydrogen (secondary N) is 1. The Morgan fingerprint density at radius 3 is 2.84 bits per heavy atom. The van der Waals surface area contributed by atoms with E-state index in [0.717, 1.165) is 27.6 Å². The Morgan fingerprint density at radius 2 is 2.12 bits per heavy atom. The second-order valence-corrected chi connectivity index (χ2v) is 5.97. The molecule has 3 aromatic rings. The van der Waals surface area contributed by atoms with Crippen LogP contribution >= 0.6 is 11.3 Å². The lowest BCUT2D eigenvalue weighted by Gasteiger charge is -2.03. The van der Waals surface area contributed by atoms with Crippen molar-refractivity contribution < 1.29 is 9.53 Å². The number of pyridine rings is 1. The molecule has 0 saturated heterocycles. The van der Waals surface area contributed by atoms with Crippen LogP contribution in [0.4, 0.5) is 10.8 Å². The van der Waals surface area contributed by atoms with Gasteiger partial charge < -0.3 is 10.1 Å². The van der Waals surface area contributed by atoms with Gasteiger partial charge in [-0.15, -0.1) is 11.3 Å². The molecule has 25 heavy (non-hydrogen) atoms. The standard InChI is InChI=1S/C19H17N3O2S/c1-2-24-18(23)10-7-14-5-8-16(9-6-14)21-19-22-17(13-25-19)15-4-3-11-20-12-15/h3-13H,2H2,1H3,(H,21,22)/b10-7+. The summed E-state index contributed by atoms with van der Waals surface area (Å²) >= 11 is 1.54. The van der Waals surface area contributed by atoms with Gasteiger partial charge in [-0.25, -0.2) is 9.78 Å². The maximum atomic E-state index is 11.3. The SMILES string of the molecule is CCOC(=O)/C=C/c1ccc(Nc2nc(-c3cccnc3)cs2)cc1. The zero-order valence-corrected chi connectivity index (χ0v) is 14.5. The lowest BCUT2D eigenvalue weighted by atomic mass is 10.2. The number of thiazole rings is 1. The first-order valence-corrected chi connectivity index (χ1v) is 8.70. The predicted octanol–water partition coefficient (Wildman–Crippen LogP) is 4.53. The fraction of sp³-hybridized carbons (Fsp3) is 0.105. The van der Waals surface area contributed by atoms with E-state index in [1.807, 2.05) is 41.8 Å². The molecule has 0 atom stereocenters. The summed E-state index contributed by atoms with van der Waals surface area (Å²) in [6, 6.07) is 11.6. The minimum absolute atomic E-state index is 0.338. The molecule has 3 rings (SSSR count). The molecule has 0 unspecified atom stereocenters. The van der Waals surface area contributed by atoms with E-state index >= 15 is 0 Å². The number of benzene rings is 1.